The van der Waals surface area contributed by atoms with Gasteiger partial charge < -0.3 is 19.9 Å². The lowest BCUT2D eigenvalue weighted by Crippen LogP contribution is -2.19. The van der Waals surface area contributed by atoms with Gasteiger partial charge in [0.2, 0.25) is 5.75 Å². The molecule has 1 aliphatic rings. The number of nitrogens with zero attached hydrogens (tertiary/aromatic N) is 1. The molecule has 134 valence electrons. The third-order valence-corrected chi connectivity index (χ3v) is 4.95. The van der Waals surface area contributed by atoms with E-state index in [0.29, 0.717) is 15.6 Å². The zero-order valence-electron chi connectivity index (χ0n) is 13.9. The van der Waals surface area contributed by atoms with E-state index in [1.165, 1.54) is 26.0 Å². The van der Waals surface area contributed by atoms with Gasteiger partial charge in [-0.2, -0.15) is 0 Å². The summed E-state index contributed by atoms with van der Waals surface area (Å²) in [6, 6.07) is 10.7. The van der Waals surface area contributed by atoms with Crippen molar-refractivity contribution in [2.45, 2.75) is 0 Å². The van der Waals surface area contributed by atoms with Gasteiger partial charge in [0.15, 0.2) is 16.7 Å². The highest BCUT2D eigenvalue weighted by molar-refractivity contribution is 9.10. The van der Waals surface area contributed by atoms with Crippen LogP contribution in [-0.4, -0.2) is 30.4 Å². The summed E-state index contributed by atoms with van der Waals surface area (Å²) in [5, 5.41) is 13.2. The number of aliphatic imine (C=N–C) groups is 1. The first-order valence-electron chi connectivity index (χ1n) is 7.50. The molecule has 2 aromatic rings. The average Bonchev–Trinajstić information content (AvgIpc) is 2.97. The van der Waals surface area contributed by atoms with Gasteiger partial charge in [0.1, 0.15) is 0 Å². The Morgan fingerprint density at radius 2 is 1.77 bits per heavy atom. The zero-order chi connectivity index (χ0) is 18.7. The minimum absolute atomic E-state index is 0.0850. The first-order chi connectivity index (χ1) is 12.5. The molecule has 0 saturated carbocycles. The number of halogens is 1. The smallest absolute Gasteiger partial charge is 0.264 e. The van der Waals surface area contributed by atoms with E-state index in [1.807, 2.05) is 24.3 Å². The van der Waals surface area contributed by atoms with Crippen LogP contribution in [0.5, 0.6) is 17.2 Å². The van der Waals surface area contributed by atoms with Crippen molar-refractivity contribution in [2.75, 3.05) is 14.2 Å². The normalized spacial score (nSPS) is 16.8. The number of hydrogen-bond donors (Lipinski definition) is 2. The Bertz CT molecular complexity index is 885. The topological polar surface area (TPSA) is 80.2 Å². The molecule has 1 heterocycles. The monoisotopic (exact) mass is 434 g/mol. The number of benzene rings is 2. The van der Waals surface area contributed by atoms with Gasteiger partial charge in [0, 0.05) is 4.47 Å². The van der Waals surface area contributed by atoms with Crippen LogP contribution >= 0.6 is 27.7 Å². The Morgan fingerprint density at radius 3 is 2.35 bits per heavy atom. The summed E-state index contributed by atoms with van der Waals surface area (Å²) in [6.45, 7) is 0. The number of hydrogen-bond acceptors (Lipinski definition) is 6. The Labute approximate surface area is 163 Å². The largest absolute Gasteiger partial charge is 0.502 e. The van der Waals surface area contributed by atoms with Crippen molar-refractivity contribution in [2.24, 2.45) is 4.99 Å². The highest BCUT2D eigenvalue weighted by Crippen LogP contribution is 2.38. The molecular weight excluding hydrogens is 420 g/mol. The van der Waals surface area contributed by atoms with Crippen LogP contribution in [-0.2, 0) is 4.79 Å². The molecule has 1 amide bonds. The third kappa shape index (κ3) is 4.03. The van der Waals surface area contributed by atoms with E-state index in [9.17, 15) is 9.90 Å². The Kier molecular flexibility index (Phi) is 5.53. The maximum atomic E-state index is 12.2. The second kappa shape index (κ2) is 7.84. The number of phenols is 1. The van der Waals surface area contributed by atoms with E-state index in [-0.39, 0.29) is 23.2 Å². The van der Waals surface area contributed by atoms with E-state index in [1.54, 1.807) is 18.2 Å². The van der Waals surface area contributed by atoms with Crippen molar-refractivity contribution in [3.63, 3.8) is 0 Å². The molecule has 1 saturated heterocycles. The number of carbonyl (C=O) groups is 1. The Morgan fingerprint density at radius 1 is 1.15 bits per heavy atom. The minimum Gasteiger partial charge on any atom is -0.502 e. The first-order valence-corrected chi connectivity index (χ1v) is 9.11. The predicted molar refractivity (Wildman–Crippen MR) is 106 cm³/mol. The number of phenolic OH excluding ortho intramolecular Hbond substituents is 1. The van der Waals surface area contributed by atoms with Crippen LogP contribution < -0.4 is 14.8 Å². The van der Waals surface area contributed by atoms with Crippen LogP contribution in [0.25, 0.3) is 6.08 Å². The SMILES string of the molecule is COc1cc(/C=C2\SC(=Nc3ccc(Br)cc3)NC2=O)cc(OC)c1O. The molecule has 2 aromatic carbocycles. The molecular formula is C18H15BrN2O4S. The number of nitrogens with one attached hydrogen (secondary N) is 1. The second-order valence-electron chi connectivity index (χ2n) is 5.23. The van der Waals surface area contributed by atoms with E-state index in [0.717, 1.165) is 10.2 Å². The molecule has 0 spiro atoms. The van der Waals surface area contributed by atoms with Gasteiger partial charge >= 0.3 is 0 Å². The van der Waals surface area contributed by atoms with Crippen LogP contribution in [0.3, 0.4) is 0 Å². The van der Waals surface area contributed by atoms with E-state index >= 15 is 0 Å². The van der Waals surface area contributed by atoms with Gasteiger partial charge in [-0.1, -0.05) is 15.9 Å². The molecule has 0 radical (unpaired) electrons. The van der Waals surface area contributed by atoms with Gasteiger partial charge in [-0.25, -0.2) is 4.99 Å². The first kappa shape index (κ1) is 18.3. The molecule has 3 rings (SSSR count). The summed E-state index contributed by atoms with van der Waals surface area (Å²) in [6.07, 6.45) is 1.69. The number of amidine groups is 1. The van der Waals surface area contributed by atoms with Gasteiger partial charge in [0.05, 0.1) is 24.8 Å². The van der Waals surface area contributed by atoms with Crippen molar-refractivity contribution < 1.29 is 19.4 Å². The van der Waals surface area contributed by atoms with Crippen LogP contribution in [0.4, 0.5) is 5.69 Å². The third-order valence-electron chi connectivity index (χ3n) is 3.51. The Hall–Kier alpha value is -2.45. The standard InChI is InChI=1S/C18H15BrN2O4S/c1-24-13-7-10(8-14(25-2)16(13)22)9-15-17(23)21-18(26-15)20-12-5-3-11(19)4-6-12/h3-9,22H,1-2H3,(H,20,21,23)/b15-9-. The average molecular weight is 435 g/mol. The van der Waals surface area contributed by atoms with Gasteiger partial charge in [-0.3, -0.25) is 4.79 Å². The minimum atomic E-state index is -0.239. The van der Waals surface area contributed by atoms with Crippen LogP contribution in [0.1, 0.15) is 5.56 Å². The van der Waals surface area contributed by atoms with Crippen molar-refractivity contribution in [3.8, 4) is 17.2 Å². The maximum absolute atomic E-state index is 12.2. The van der Waals surface area contributed by atoms with Crippen LogP contribution in [0, 0.1) is 0 Å². The predicted octanol–water partition coefficient (Wildman–Crippen LogP) is 4.06. The van der Waals surface area contributed by atoms with Crippen molar-refractivity contribution in [3.05, 3.63) is 51.3 Å². The molecule has 0 unspecified atom stereocenters. The fourth-order valence-corrected chi connectivity index (χ4v) is 3.37. The molecule has 6 nitrogen and oxygen atoms in total. The van der Waals surface area contributed by atoms with E-state index in [2.05, 4.69) is 26.2 Å². The molecule has 1 fully saturated rings. The number of rotatable bonds is 4. The van der Waals surface area contributed by atoms with Crippen LogP contribution in [0.2, 0.25) is 0 Å². The molecule has 2 N–H and O–H groups in total. The van der Waals surface area contributed by atoms with Crippen LogP contribution in [0.15, 0.2) is 50.8 Å². The Balaban J connectivity index is 1.88. The molecule has 26 heavy (non-hydrogen) atoms. The molecule has 8 heteroatoms. The summed E-state index contributed by atoms with van der Waals surface area (Å²) >= 11 is 4.61. The number of carbonyl (C=O) groups excluding carboxylic acids is 1. The van der Waals surface area contributed by atoms with E-state index in [4.69, 9.17) is 9.47 Å². The number of thioether (sulfide) groups is 1. The van der Waals surface area contributed by atoms with Gasteiger partial charge in [-0.15, -0.1) is 0 Å². The highest BCUT2D eigenvalue weighted by Gasteiger charge is 2.24. The lowest BCUT2D eigenvalue weighted by molar-refractivity contribution is -0.115. The molecule has 0 aliphatic carbocycles. The summed E-state index contributed by atoms with van der Waals surface area (Å²) in [5.74, 6) is 0.210. The lowest BCUT2D eigenvalue weighted by atomic mass is 10.1. The summed E-state index contributed by atoms with van der Waals surface area (Å²) in [5.41, 5.74) is 1.41. The summed E-state index contributed by atoms with van der Waals surface area (Å²) in [4.78, 5) is 17.1. The van der Waals surface area contributed by atoms with E-state index < -0.39 is 0 Å². The fraction of sp³-hybridized carbons (Fsp3) is 0.111. The summed E-state index contributed by atoms with van der Waals surface area (Å²) < 4.78 is 11.2. The fourth-order valence-electron chi connectivity index (χ4n) is 2.26. The molecule has 0 bridgehead atoms. The zero-order valence-corrected chi connectivity index (χ0v) is 16.3. The number of aromatic hydroxyl groups is 1. The van der Waals surface area contributed by atoms with Gasteiger partial charge in [-0.05, 0) is 59.8 Å². The van der Waals surface area contributed by atoms with Crippen molar-refractivity contribution in [1.29, 1.82) is 0 Å². The number of amides is 1. The lowest BCUT2D eigenvalue weighted by Gasteiger charge is -2.09. The van der Waals surface area contributed by atoms with Crippen molar-refractivity contribution in [1.82, 2.24) is 5.32 Å². The highest BCUT2D eigenvalue weighted by atomic mass is 79.9. The second-order valence-corrected chi connectivity index (χ2v) is 7.18. The quantitative estimate of drug-likeness (QED) is 0.709. The maximum Gasteiger partial charge on any atom is 0.264 e. The summed E-state index contributed by atoms with van der Waals surface area (Å²) in [7, 11) is 2.90. The molecule has 1 aliphatic heterocycles. The molecule has 0 atom stereocenters. The van der Waals surface area contributed by atoms with Crippen molar-refractivity contribution >= 4 is 50.5 Å². The number of methoxy groups -OCH3 is 2. The molecule has 0 aromatic heterocycles. The number of ether oxygens (including phenoxy) is 2. The van der Waals surface area contributed by atoms with Gasteiger partial charge in [0.25, 0.3) is 5.91 Å².